The Labute approximate surface area is 146 Å². The van der Waals surface area contributed by atoms with Crippen LogP contribution in [0.5, 0.6) is 17.5 Å². The van der Waals surface area contributed by atoms with Crippen LogP contribution < -0.4 is 14.8 Å². The number of aromatic nitrogens is 4. The predicted octanol–water partition coefficient (Wildman–Crippen LogP) is 2.96. The molecule has 0 aliphatic carbocycles. The normalized spacial score (nSPS) is 10.6. The lowest BCUT2D eigenvalue weighted by molar-refractivity contribution is 0.362. The molecule has 0 radical (unpaired) electrons. The van der Waals surface area contributed by atoms with Gasteiger partial charge in [-0.2, -0.15) is 4.68 Å². The van der Waals surface area contributed by atoms with E-state index in [1.807, 2.05) is 48.5 Å². The molecule has 1 N–H and O–H groups in total. The van der Waals surface area contributed by atoms with Crippen molar-refractivity contribution >= 4 is 0 Å². The minimum atomic E-state index is 0.279. The van der Waals surface area contributed by atoms with Crippen LogP contribution in [-0.4, -0.2) is 33.9 Å². The maximum Gasteiger partial charge on any atom is 0.346 e. The van der Waals surface area contributed by atoms with Crippen molar-refractivity contribution in [3.05, 3.63) is 54.1 Å². The van der Waals surface area contributed by atoms with E-state index in [1.165, 1.54) is 4.68 Å². The fourth-order valence-electron chi connectivity index (χ4n) is 2.39. The van der Waals surface area contributed by atoms with E-state index >= 15 is 0 Å². The van der Waals surface area contributed by atoms with Gasteiger partial charge in [0.15, 0.2) is 11.5 Å². The minimum Gasteiger partial charge on any atom is -0.493 e. The molecule has 130 valence electrons. The van der Waals surface area contributed by atoms with E-state index in [1.54, 1.807) is 7.11 Å². The largest absolute Gasteiger partial charge is 0.493 e. The fourth-order valence-corrected chi connectivity index (χ4v) is 2.39. The van der Waals surface area contributed by atoms with Crippen LogP contribution in [0.4, 0.5) is 0 Å². The SMILES string of the molecule is CCCNCc1ccc(Oc2nnnn2-c2ccccc2)c(OC)c1. The molecule has 0 spiro atoms. The molecule has 3 aromatic rings. The van der Waals surface area contributed by atoms with E-state index in [4.69, 9.17) is 9.47 Å². The highest BCUT2D eigenvalue weighted by molar-refractivity contribution is 5.44. The highest BCUT2D eigenvalue weighted by atomic mass is 16.5. The van der Waals surface area contributed by atoms with Gasteiger partial charge in [0.05, 0.1) is 12.8 Å². The molecule has 0 bridgehead atoms. The number of nitrogens with zero attached hydrogens (tertiary/aromatic N) is 4. The average Bonchev–Trinajstić information content (AvgIpc) is 3.12. The molecule has 3 rings (SSSR count). The first-order valence-corrected chi connectivity index (χ1v) is 8.21. The minimum absolute atomic E-state index is 0.279. The number of methoxy groups -OCH3 is 1. The summed E-state index contributed by atoms with van der Waals surface area (Å²) in [7, 11) is 1.62. The molecular weight excluding hydrogens is 318 g/mol. The smallest absolute Gasteiger partial charge is 0.346 e. The topological polar surface area (TPSA) is 74.1 Å². The molecule has 7 nitrogen and oxygen atoms in total. The molecule has 0 saturated heterocycles. The van der Waals surface area contributed by atoms with E-state index in [-0.39, 0.29) is 6.01 Å². The van der Waals surface area contributed by atoms with Crippen LogP contribution in [-0.2, 0) is 6.54 Å². The molecule has 7 heteroatoms. The summed E-state index contributed by atoms with van der Waals surface area (Å²) >= 11 is 0. The lowest BCUT2D eigenvalue weighted by Crippen LogP contribution is -2.13. The molecule has 0 amide bonds. The first-order chi connectivity index (χ1) is 12.3. The molecule has 25 heavy (non-hydrogen) atoms. The Bertz CT molecular complexity index is 804. The lowest BCUT2D eigenvalue weighted by Gasteiger charge is -2.12. The molecule has 0 atom stereocenters. The predicted molar refractivity (Wildman–Crippen MR) is 94.2 cm³/mol. The molecule has 0 aliphatic heterocycles. The second-order valence-electron chi connectivity index (χ2n) is 5.47. The third-order valence-corrected chi connectivity index (χ3v) is 3.63. The van der Waals surface area contributed by atoms with Gasteiger partial charge >= 0.3 is 6.01 Å². The van der Waals surface area contributed by atoms with Crippen molar-refractivity contribution in [2.24, 2.45) is 0 Å². The van der Waals surface area contributed by atoms with Gasteiger partial charge in [0.2, 0.25) is 0 Å². The first-order valence-electron chi connectivity index (χ1n) is 8.21. The van der Waals surface area contributed by atoms with Crippen molar-refractivity contribution in [3.63, 3.8) is 0 Å². The van der Waals surface area contributed by atoms with E-state index in [0.717, 1.165) is 30.8 Å². The summed E-state index contributed by atoms with van der Waals surface area (Å²) in [6, 6.07) is 15.7. The molecular formula is C18H21N5O2. The number of tetrazole rings is 1. The van der Waals surface area contributed by atoms with Crippen LogP contribution in [0.25, 0.3) is 5.69 Å². The Morgan fingerprint density at radius 1 is 1.08 bits per heavy atom. The van der Waals surface area contributed by atoms with Crippen LogP contribution in [0.2, 0.25) is 0 Å². The van der Waals surface area contributed by atoms with Crippen molar-refractivity contribution in [1.82, 2.24) is 25.5 Å². The Balaban J connectivity index is 1.80. The summed E-state index contributed by atoms with van der Waals surface area (Å²) in [5, 5.41) is 15.0. The van der Waals surface area contributed by atoms with Crippen molar-refractivity contribution in [3.8, 4) is 23.2 Å². The standard InChI is InChI=1S/C18H21N5O2/c1-3-11-19-13-14-9-10-16(17(12-14)24-2)25-18-20-21-22-23(18)15-7-5-4-6-8-15/h4-10,12,19H,3,11,13H2,1-2H3. The molecule has 0 fully saturated rings. The van der Waals surface area contributed by atoms with E-state index in [0.29, 0.717) is 11.5 Å². The molecule has 2 aromatic carbocycles. The number of ether oxygens (including phenoxy) is 2. The molecule has 0 unspecified atom stereocenters. The zero-order valence-corrected chi connectivity index (χ0v) is 14.3. The summed E-state index contributed by atoms with van der Waals surface area (Å²) in [5.41, 5.74) is 1.95. The molecule has 1 heterocycles. The maximum absolute atomic E-state index is 5.89. The van der Waals surface area contributed by atoms with Crippen LogP contribution in [0.1, 0.15) is 18.9 Å². The summed E-state index contributed by atoms with van der Waals surface area (Å²) in [6.45, 7) is 3.90. The Morgan fingerprint density at radius 2 is 1.92 bits per heavy atom. The Hall–Kier alpha value is -2.93. The Morgan fingerprint density at radius 3 is 2.68 bits per heavy atom. The number of benzene rings is 2. The quantitative estimate of drug-likeness (QED) is 0.636. The van der Waals surface area contributed by atoms with Crippen molar-refractivity contribution in [1.29, 1.82) is 0 Å². The van der Waals surface area contributed by atoms with E-state index in [2.05, 4.69) is 27.8 Å². The van der Waals surface area contributed by atoms with Gasteiger partial charge in [-0.15, -0.1) is 0 Å². The average molecular weight is 339 g/mol. The van der Waals surface area contributed by atoms with Gasteiger partial charge in [-0.25, -0.2) is 0 Å². The van der Waals surface area contributed by atoms with Gasteiger partial charge in [0.25, 0.3) is 0 Å². The number of hydrogen-bond donors (Lipinski definition) is 1. The molecule has 0 aliphatic rings. The van der Waals surface area contributed by atoms with Gasteiger partial charge < -0.3 is 14.8 Å². The van der Waals surface area contributed by atoms with Crippen molar-refractivity contribution in [2.45, 2.75) is 19.9 Å². The summed E-state index contributed by atoms with van der Waals surface area (Å²) in [5.74, 6) is 1.20. The van der Waals surface area contributed by atoms with Crippen LogP contribution >= 0.6 is 0 Å². The lowest BCUT2D eigenvalue weighted by atomic mass is 10.2. The van der Waals surface area contributed by atoms with Crippen LogP contribution in [0.3, 0.4) is 0 Å². The zero-order chi connectivity index (χ0) is 17.5. The third kappa shape index (κ3) is 4.13. The van der Waals surface area contributed by atoms with Gasteiger partial charge in [-0.1, -0.05) is 36.3 Å². The summed E-state index contributed by atoms with van der Waals surface area (Å²) in [4.78, 5) is 0. The summed E-state index contributed by atoms with van der Waals surface area (Å²) < 4.78 is 12.9. The van der Waals surface area contributed by atoms with Gasteiger partial charge in [0, 0.05) is 6.54 Å². The number of rotatable bonds is 8. The van der Waals surface area contributed by atoms with Crippen LogP contribution in [0.15, 0.2) is 48.5 Å². The Kier molecular flexibility index (Phi) is 5.58. The highest BCUT2D eigenvalue weighted by Gasteiger charge is 2.14. The van der Waals surface area contributed by atoms with E-state index < -0.39 is 0 Å². The second-order valence-corrected chi connectivity index (χ2v) is 5.47. The summed E-state index contributed by atoms with van der Waals surface area (Å²) in [6.07, 6.45) is 1.10. The monoisotopic (exact) mass is 339 g/mol. The van der Waals surface area contributed by atoms with Gasteiger partial charge in [-0.3, -0.25) is 0 Å². The molecule has 1 aromatic heterocycles. The molecule has 0 saturated carbocycles. The van der Waals surface area contributed by atoms with Crippen LogP contribution in [0, 0.1) is 0 Å². The zero-order valence-electron chi connectivity index (χ0n) is 14.3. The number of hydrogen-bond acceptors (Lipinski definition) is 6. The highest BCUT2D eigenvalue weighted by Crippen LogP contribution is 2.32. The number of para-hydroxylation sites is 1. The second kappa shape index (κ2) is 8.25. The van der Waals surface area contributed by atoms with Crippen molar-refractivity contribution < 1.29 is 9.47 Å². The fraction of sp³-hybridized carbons (Fsp3) is 0.278. The third-order valence-electron chi connectivity index (χ3n) is 3.63. The van der Waals surface area contributed by atoms with Gasteiger partial charge in [0.1, 0.15) is 0 Å². The van der Waals surface area contributed by atoms with Gasteiger partial charge in [-0.05, 0) is 53.2 Å². The van der Waals surface area contributed by atoms with E-state index in [9.17, 15) is 0 Å². The number of nitrogens with one attached hydrogen (secondary N) is 1. The first kappa shape index (κ1) is 16.9. The van der Waals surface area contributed by atoms with Crippen molar-refractivity contribution in [2.75, 3.05) is 13.7 Å². The maximum atomic E-state index is 5.89.